The second-order valence-corrected chi connectivity index (χ2v) is 9.14. The number of alkyl carbamates (subject to hydrolysis) is 1. The SMILES string of the molecule is CC/C(C)=C/Sc1nc(CNC(=O)OC(C)(C)C)nc(-c2ccc(OC(F)(F)F)cc2)c1C. The van der Waals surface area contributed by atoms with Crippen LogP contribution < -0.4 is 10.1 Å². The van der Waals surface area contributed by atoms with E-state index < -0.39 is 18.1 Å². The van der Waals surface area contributed by atoms with E-state index in [0.717, 1.165) is 12.0 Å². The molecule has 0 spiro atoms. The second kappa shape index (κ2) is 10.9. The summed E-state index contributed by atoms with van der Waals surface area (Å²) in [5, 5.41) is 5.31. The Bertz CT molecular complexity index is 1000. The van der Waals surface area contributed by atoms with Crippen molar-refractivity contribution >= 4 is 17.9 Å². The lowest BCUT2D eigenvalue weighted by atomic mass is 10.1. The van der Waals surface area contributed by atoms with Crippen molar-refractivity contribution in [3.8, 4) is 17.0 Å². The average molecular weight is 484 g/mol. The molecule has 1 aromatic heterocycles. The fourth-order valence-corrected chi connectivity index (χ4v) is 3.45. The molecule has 0 saturated heterocycles. The van der Waals surface area contributed by atoms with Gasteiger partial charge in [0.1, 0.15) is 22.2 Å². The summed E-state index contributed by atoms with van der Waals surface area (Å²) in [6.07, 6.45) is -4.48. The minimum absolute atomic E-state index is 0.0293. The molecule has 0 aliphatic carbocycles. The molecule has 1 N–H and O–H groups in total. The Morgan fingerprint density at radius 1 is 1.15 bits per heavy atom. The zero-order valence-electron chi connectivity index (χ0n) is 19.5. The van der Waals surface area contributed by atoms with E-state index >= 15 is 0 Å². The van der Waals surface area contributed by atoms with Crippen LogP contribution in [0, 0.1) is 6.92 Å². The van der Waals surface area contributed by atoms with Crippen LogP contribution in [0.25, 0.3) is 11.3 Å². The smallest absolute Gasteiger partial charge is 0.444 e. The van der Waals surface area contributed by atoms with Gasteiger partial charge in [-0.2, -0.15) is 0 Å². The fourth-order valence-electron chi connectivity index (χ4n) is 2.53. The summed E-state index contributed by atoms with van der Waals surface area (Å²) in [5.41, 5.74) is 2.44. The predicted molar refractivity (Wildman–Crippen MR) is 122 cm³/mol. The number of hydrogen-bond acceptors (Lipinski definition) is 6. The summed E-state index contributed by atoms with van der Waals surface area (Å²) in [7, 11) is 0. The molecule has 2 aromatic rings. The Kier molecular flexibility index (Phi) is 8.76. The fraction of sp³-hybridized carbons (Fsp3) is 0.435. The van der Waals surface area contributed by atoms with Gasteiger partial charge in [0.15, 0.2) is 0 Å². The lowest BCUT2D eigenvalue weighted by Gasteiger charge is -2.19. The van der Waals surface area contributed by atoms with E-state index in [9.17, 15) is 18.0 Å². The van der Waals surface area contributed by atoms with Gasteiger partial charge in [-0.15, -0.1) is 13.2 Å². The Balaban J connectivity index is 2.37. The summed E-state index contributed by atoms with van der Waals surface area (Å²) in [5.74, 6) is 0.0306. The summed E-state index contributed by atoms with van der Waals surface area (Å²) in [6.45, 7) is 11.2. The number of ether oxygens (including phenoxy) is 2. The lowest BCUT2D eigenvalue weighted by molar-refractivity contribution is -0.274. The number of hydrogen-bond donors (Lipinski definition) is 1. The molecular weight excluding hydrogens is 455 g/mol. The first-order valence-electron chi connectivity index (χ1n) is 10.3. The van der Waals surface area contributed by atoms with Crippen molar-refractivity contribution in [3.05, 3.63) is 46.6 Å². The van der Waals surface area contributed by atoms with Crippen molar-refractivity contribution in [1.82, 2.24) is 15.3 Å². The number of benzene rings is 1. The Morgan fingerprint density at radius 3 is 2.33 bits per heavy atom. The van der Waals surface area contributed by atoms with Crippen molar-refractivity contribution in [3.63, 3.8) is 0 Å². The van der Waals surface area contributed by atoms with Crippen LogP contribution in [0.15, 0.2) is 40.3 Å². The number of carbonyl (C=O) groups is 1. The van der Waals surface area contributed by atoms with E-state index in [1.807, 2.05) is 26.2 Å². The molecule has 0 bridgehead atoms. The van der Waals surface area contributed by atoms with Crippen LogP contribution in [0.3, 0.4) is 0 Å². The van der Waals surface area contributed by atoms with Crippen LogP contribution >= 0.6 is 11.8 Å². The van der Waals surface area contributed by atoms with Crippen molar-refractivity contribution < 1.29 is 27.4 Å². The molecule has 0 aliphatic rings. The van der Waals surface area contributed by atoms with Crippen molar-refractivity contribution in [2.75, 3.05) is 0 Å². The van der Waals surface area contributed by atoms with Gasteiger partial charge in [0.2, 0.25) is 0 Å². The van der Waals surface area contributed by atoms with Crippen LogP contribution in [-0.2, 0) is 11.3 Å². The maximum atomic E-state index is 12.5. The number of thioether (sulfide) groups is 1. The molecule has 0 radical (unpaired) electrons. The van der Waals surface area contributed by atoms with Crippen LogP contribution in [0.4, 0.5) is 18.0 Å². The van der Waals surface area contributed by atoms with E-state index in [1.165, 1.54) is 41.6 Å². The molecule has 33 heavy (non-hydrogen) atoms. The number of halogens is 3. The molecule has 2 rings (SSSR count). The average Bonchev–Trinajstić information content (AvgIpc) is 2.70. The molecule has 1 heterocycles. The summed E-state index contributed by atoms with van der Waals surface area (Å²) < 4.78 is 46.6. The molecular formula is C23H28F3N3O3S. The first-order valence-corrected chi connectivity index (χ1v) is 11.2. The molecule has 0 fully saturated rings. The van der Waals surface area contributed by atoms with Gasteiger partial charge in [-0.05, 0) is 70.7 Å². The third-order valence-corrected chi connectivity index (χ3v) is 5.37. The molecule has 6 nitrogen and oxygen atoms in total. The summed E-state index contributed by atoms with van der Waals surface area (Å²) in [6, 6.07) is 5.47. The first kappa shape index (κ1) is 26.5. The number of nitrogens with one attached hydrogen (secondary N) is 1. The number of carbonyl (C=O) groups excluding carboxylic acids is 1. The number of nitrogens with zero attached hydrogens (tertiary/aromatic N) is 2. The minimum atomic E-state index is -4.76. The largest absolute Gasteiger partial charge is 0.573 e. The van der Waals surface area contributed by atoms with Crippen molar-refractivity contribution in [2.45, 2.75) is 71.5 Å². The highest BCUT2D eigenvalue weighted by atomic mass is 32.2. The number of allylic oxidation sites excluding steroid dienone is 1. The monoisotopic (exact) mass is 483 g/mol. The molecule has 0 saturated carbocycles. The maximum absolute atomic E-state index is 12.5. The predicted octanol–water partition coefficient (Wildman–Crippen LogP) is 6.78. The van der Waals surface area contributed by atoms with E-state index in [0.29, 0.717) is 22.1 Å². The normalized spacial score (nSPS) is 12.5. The highest BCUT2D eigenvalue weighted by Gasteiger charge is 2.31. The number of amides is 1. The quantitative estimate of drug-likeness (QED) is 0.346. The zero-order chi connectivity index (χ0) is 24.8. The van der Waals surface area contributed by atoms with E-state index in [4.69, 9.17) is 4.74 Å². The lowest BCUT2D eigenvalue weighted by Crippen LogP contribution is -2.32. The third-order valence-electron chi connectivity index (χ3n) is 4.23. The topological polar surface area (TPSA) is 73.3 Å². The van der Waals surface area contributed by atoms with E-state index in [1.54, 1.807) is 20.8 Å². The van der Waals surface area contributed by atoms with Gasteiger partial charge >= 0.3 is 12.5 Å². The molecule has 1 amide bonds. The molecule has 1 aromatic carbocycles. The number of aromatic nitrogens is 2. The van der Waals surface area contributed by atoms with Crippen LogP contribution in [-0.4, -0.2) is 28.0 Å². The molecule has 10 heteroatoms. The van der Waals surface area contributed by atoms with Crippen molar-refractivity contribution in [1.29, 1.82) is 0 Å². The van der Waals surface area contributed by atoms with Crippen LogP contribution in [0.1, 0.15) is 52.4 Å². The number of rotatable bonds is 7. The summed E-state index contributed by atoms with van der Waals surface area (Å²) in [4.78, 5) is 21.1. The van der Waals surface area contributed by atoms with Gasteiger partial charge in [0, 0.05) is 11.1 Å². The third kappa shape index (κ3) is 8.95. The van der Waals surface area contributed by atoms with Gasteiger partial charge in [-0.25, -0.2) is 14.8 Å². The minimum Gasteiger partial charge on any atom is -0.444 e. The van der Waals surface area contributed by atoms with Gasteiger partial charge in [0.05, 0.1) is 12.2 Å². The van der Waals surface area contributed by atoms with Gasteiger partial charge in [-0.1, -0.05) is 24.3 Å². The van der Waals surface area contributed by atoms with E-state index in [-0.39, 0.29) is 12.3 Å². The molecule has 0 unspecified atom stereocenters. The Morgan fingerprint density at radius 2 is 1.79 bits per heavy atom. The highest BCUT2D eigenvalue weighted by molar-refractivity contribution is 8.02. The van der Waals surface area contributed by atoms with Gasteiger partial charge < -0.3 is 14.8 Å². The van der Waals surface area contributed by atoms with Crippen molar-refractivity contribution in [2.24, 2.45) is 0 Å². The van der Waals surface area contributed by atoms with E-state index in [2.05, 4.69) is 20.0 Å². The first-order chi connectivity index (χ1) is 15.3. The molecule has 0 atom stereocenters. The van der Waals surface area contributed by atoms with Crippen LogP contribution in [0.5, 0.6) is 5.75 Å². The van der Waals surface area contributed by atoms with Gasteiger partial charge in [0.25, 0.3) is 0 Å². The second-order valence-electron chi connectivity index (χ2n) is 8.28. The standard InChI is InChI=1S/C23H28F3N3O3S/c1-7-14(2)13-33-20-15(3)19(16-8-10-17(11-9-16)31-23(24,25)26)28-18(29-20)12-27-21(30)32-22(4,5)6/h8-11,13H,7,12H2,1-6H3,(H,27,30)/b14-13+. The molecule has 0 aliphatic heterocycles. The Labute approximate surface area is 196 Å². The summed E-state index contributed by atoms with van der Waals surface area (Å²) >= 11 is 1.43. The maximum Gasteiger partial charge on any atom is 0.573 e. The van der Waals surface area contributed by atoms with Gasteiger partial charge in [-0.3, -0.25) is 0 Å². The Hall–Kier alpha value is -2.75. The zero-order valence-corrected chi connectivity index (χ0v) is 20.3. The molecule has 180 valence electrons. The highest BCUT2D eigenvalue weighted by Crippen LogP contribution is 2.32. The van der Waals surface area contributed by atoms with Crippen LogP contribution in [0.2, 0.25) is 0 Å². The number of alkyl halides is 3.